The molecule has 80 valence electrons. The normalized spacial score (nSPS) is 24.0. The molecular weight excluding hydrogens is 182 g/mol. The lowest BCUT2D eigenvalue weighted by molar-refractivity contribution is -0.136. The predicted molar refractivity (Wildman–Crippen MR) is 52.2 cm³/mol. The number of unbranched alkanes of at least 4 members (excludes halogenated alkanes) is 1. The number of carbonyl (C=O) groups excluding carboxylic acids is 2. The van der Waals surface area contributed by atoms with Crippen LogP contribution in [0.2, 0.25) is 0 Å². The van der Waals surface area contributed by atoms with Crippen molar-refractivity contribution in [3.05, 3.63) is 0 Å². The summed E-state index contributed by atoms with van der Waals surface area (Å²) in [5.74, 6) is -0.381. The van der Waals surface area contributed by atoms with Crippen molar-refractivity contribution in [2.45, 2.75) is 25.9 Å². The first-order chi connectivity index (χ1) is 6.70. The minimum Gasteiger partial charge on any atom is -0.294 e. The maximum Gasteiger partial charge on any atom is 0.228 e. The van der Waals surface area contributed by atoms with Gasteiger partial charge in [-0.3, -0.25) is 14.5 Å². The summed E-state index contributed by atoms with van der Waals surface area (Å²) in [5.41, 5.74) is 3.02. The first-order valence-corrected chi connectivity index (χ1v) is 4.90. The molecule has 1 rings (SSSR count). The lowest BCUT2D eigenvalue weighted by Gasteiger charge is -2.22. The molecule has 0 amide bonds. The van der Waals surface area contributed by atoms with Crippen molar-refractivity contribution in [3.8, 4) is 0 Å². The summed E-state index contributed by atoms with van der Waals surface area (Å²) >= 11 is 0. The lowest BCUT2D eigenvalue weighted by atomic mass is 10.2. The van der Waals surface area contributed by atoms with Crippen LogP contribution in [0, 0.1) is 0 Å². The summed E-state index contributed by atoms with van der Waals surface area (Å²) in [7, 11) is 1.78. The number of carbonyl (C=O) groups is 2. The van der Waals surface area contributed by atoms with Gasteiger partial charge in [-0.15, -0.1) is 0 Å². The van der Waals surface area contributed by atoms with Crippen molar-refractivity contribution in [2.75, 3.05) is 20.3 Å². The molecule has 0 bridgehead atoms. The highest BCUT2D eigenvalue weighted by Crippen LogP contribution is 2.10. The Hall–Kier alpha value is -0.780. The maximum absolute atomic E-state index is 11.3. The van der Waals surface area contributed by atoms with E-state index < -0.39 is 6.17 Å². The van der Waals surface area contributed by atoms with Gasteiger partial charge in [-0.2, -0.15) is 0 Å². The van der Waals surface area contributed by atoms with Gasteiger partial charge in [0.1, 0.15) is 6.17 Å². The van der Waals surface area contributed by atoms with Gasteiger partial charge in [0.2, 0.25) is 5.78 Å². The highest BCUT2D eigenvalue weighted by atomic mass is 16.2. The molecule has 0 aromatic rings. The highest BCUT2D eigenvalue weighted by molar-refractivity contribution is 6.27. The molecule has 0 saturated carbocycles. The summed E-state index contributed by atoms with van der Waals surface area (Å²) in [6.45, 7) is 3.59. The first kappa shape index (κ1) is 11.3. The number of aldehydes is 1. The molecule has 0 aromatic heterocycles. The topological polar surface area (TPSA) is 52.6 Å². The summed E-state index contributed by atoms with van der Waals surface area (Å²) in [4.78, 5) is 23.7. The average Bonchev–Trinajstić information content (AvgIpc) is 2.55. The Kier molecular flexibility index (Phi) is 4.19. The van der Waals surface area contributed by atoms with Crippen LogP contribution < -0.4 is 5.43 Å². The zero-order valence-corrected chi connectivity index (χ0v) is 8.69. The van der Waals surface area contributed by atoms with Crippen LogP contribution in [0.5, 0.6) is 0 Å². The van der Waals surface area contributed by atoms with Crippen molar-refractivity contribution in [1.82, 2.24) is 15.3 Å². The van der Waals surface area contributed by atoms with E-state index in [1.165, 1.54) is 0 Å². The van der Waals surface area contributed by atoms with Gasteiger partial charge in [-0.1, -0.05) is 13.3 Å². The third-order valence-electron chi connectivity index (χ3n) is 2.41. The standard InChI is InChI=1S/C9H17N3O2/c1-3-4-5-12-7-10-11(2)9(12)8(14)6-13/h6,9-10H,3-5,7H2,1-2H3. The Morgan fingerprint density at radius 1 is 1.64 bits per heavy atom. The van der Waals surface area contributed by atoms with E-state index in [1.54, 1.807) is 12.1 Å². The van der Waals surface area contributed by atoms with E-state index in [0.29, 0.717) is 13.0 Å². The fourth-order valence-electron chi connectivity index (χ4n) is 1.61. The number of ketones is 1. The minimum absolute atomic E-state index is 0.381. The fraction of sp³-hybridized carbons (Fsp3) is 0.778. The molecular formula is C9H17N3O2. The Labute approximate surface area is 84.0 Å². The third kappa shape index (κ3) is 2.37. The molecule has 1 aliphatic heterocycles. The predicted octanol–water partition coefficient (Wildman–Crippen LogP) is -0.410. The Bertz CT molecular complexity index is 220. The molecule has 1 fully saturated rings. The SMILES string of the molecule is CCCCN1CNN(C)C1C(=O)C=O. The van der Waals surface area contributed by atoms with E-state index in [2.05, 4.69) is 12.3 Å². The second-order valence-corrected chi connectivity index (χ2v) is 3.49. The summed E-state index contributed by atoms with van der Waals surface area (Å²) in [5, 5.41) is 1.69. The molecule has 5 nitrogen and oxygen atoms in total. The Balaban J connectivity index is 2.57. The van der Waals surface area contributed by atoms with E-state index in [9.17, 15) is 9.59 Å². The summed E-state index contributed by atoms with van der Waals surface area (Å²) < 4.78 is 0. The number of rotatable bonds is 5. The minimum atomic E-state index is -0.418. The van der Waals surface area contributed by atoms with Crippen molar-refractivity contribution < 1.29 is 9.59 Å². The zero-order valence-electron chi connectivity index (χ0n) is 8.69. The van der Waals surface area contributed by atoms with Crippen molar-refractivity contribution in [3.63, 3.8) is 0 Å². The number of hydrazine groups is 1. The van der Waals surface area contributed by atoms with Gasteiger partial charge in [0.15, 0.2) is 6.29 Å². The van der Waals surface area contributed by atoms with Crippen LogP contribution in [-0.4, -0.2) is 48.4 Å². The van der Waals surface area contributed by atoms with Crippen molar-refractivity contribution >= 4 is 12.1 Å². The van der Waals surface area contributed by atoms with Crippen LogP contribution in [0.1, 0.15) is 19.8 Å². The maximum atomic E-state index is 11.3. The van der Waals surface area contributed by atoms with Crippen LogP contribution in [0.3, 0.4) is 0 Å². The van der Waals surface area contributed by atoms with E-state index in [1.807, 2.05) is 4.90 Å². The summed E-state index contributed by atoms with van der Waals surface area (Å²) in [6, 6.07) is 0. The van der Waals surface area contributed by atoms with E-state index in [4.69, 9.17) is 0 Å². The lowest BCUT2D eigenvalue weighted by Crippen LogP contribution is -2.45. The van der Waals surface area contributed by atoms with Crippen LogP contribution in [0.4, 0.5) is 0 Å². The van der Waals surface area contributed by atoms with Gasteiger partial charge in [-0.05, 0) is 6.42 Å². The van der Waals surface area contributed by atoms with Gasteiger partial charge in [0, 0.05) is 13.6 Å². The second kappa shape index (κ2) is 5.19. The molecule has 1 atom stereocenters. The molecule has 0 radical (unpaired) electrons. The largest absolute Gasteiger partial charge is 0.294 e. The number of hydrogen-bond acceptors (Lipinski definition) is 5. The third-order valence-corrected chi connectivity index (χ3v) is 2.41. The first-order valence-electron chi connectivity index (χ1n) is 4.90. The second-order valence-electron chi connectivity index (χ2n) is 3.49. The molecule has 1 aliphatic rings. The smallest absolute Gasteiger partial charge is 0.228 e. The Morgan fingerprint density at radius 2 is 2.36 bits per heavy atom. The zero-order chi connectivity index (χ0) is 10.6. The van der Waals surface area contributed by atoms with Crippen LogP contribution in [-0.2, 0) is 9.59 Å². The number of likely N-dealkylation sites (N-methyl/N-ethyl adjacent to an activating group) is 1. The molecule has 1 heterocycles. The molecule has 5 heteroatoms. The van der Waals surface area contributed by atoms with Gasteiger partial charge in [-0.25, -0.2) is 10.4 Å². The van der Waals surface area contributed by atoms with E-state index in [-0.39, 0.29) is 5.78 Å². The van der Waals surface area contributed by atoms with Crippen LogP contribution in [0.15, 0.2) is 0 Å². The summed E-state index contributed by atoms with van der Waals surface area (Å²) in [6.07, 6.45) is 2.10. The highest BCUT2D eigenvalue weighted by Gasteiger charge is 2.33. The molecule has 0 aromatic carbocycles. The number of Topliss-reactive ketones (excluding diaryl/α,β-unsaturated/α-hetero) is 1. The van der Waals surface area contributed by atoms with Gasteiger partial charge < -0.3 is 0 Å². The van der Waals surface area contributed by atoms with Crippen molar-refractivity contribution in [2.24, 2.45) is 0 Å². The molecule has 1 N–H and O–H groups in total. The Morgan fingerprint density at radius 3 is 2.93 bits per heavy atom. The molecule has 0 aliphatic carbocycles. The molecule has 14 heavy (non-hydrogen) atoms. The molecule has 1 saturated heterocycles. The van der Waals surface area contributed by atoms with Crippen LogP contribution in [0.25, 0.3) is 0 Å². The number of nitrogens with zero attached hydrogens (tertiary/aromatic N) is 2. The molecule has 1 unspecified atom stereocenters. The quantitative estimate of drug-likeness (QED) is 0.482. The van der Waals surface area contributed by atoms with Gasteiger partial charge in [0.05, 0.1) is 6.67 Å². The molecule has 0 spiro atoms. The number of nitrogens with one attached hydrogen (secondary N) is 1. The van der Waals surface area contributed by atoms with E-state index in [0.717, 1.165) is 19.4 Å². The van der Waals surface area contributed by atoms with Gasteiger partial charge in [0.25, 0.3) is 0 Å². The monoisotopic (exact) mass is 199 g/mol. The average molecular weight is 199 g/mol. The van der Waals surface area contributed by atoms with Crippen molar-refractivity contribution in [1.29, 1.82) is 0 Å². The fourth-order valence-corrected chi connectivity index (χ4v) is 1.61. The van der Waals surface area contributed by atoms with E-state index >= 15 is 0 Å². The number of hydrogen-bond donors (Lipinski definition) is 1. The van der Waals surface area contributed by atoms with Crippen LogP contribution >= 0.6 is 0 Å². The van der Waals surface area contributed by atoms with Gasteiger partial charge >= 0.3 is 0 Å².